The second-order valence-electron chi connectivity index (χ2n) is 8.32. The third kappa shape index (κ3) is 3.45. The van der Waals surface area contributed by atoms with Gasteiger partial charge in [0.25, 0.3) is 5.56 Å². The topological polar surface area (TPSA) is 62.6 Å². The summed E-state index contributed by atoms with van der Waals surface area (Å²) in [6, 6.07) is 12.9. The van der Waals surface area contributed by atoms with Gasteiger partial charge in [-0.3, -0.25) is 9.78 Å². The first-order valence-electron chi connectivity index (χ1n) is 9.69. The summed E-state index contributed by atoms with van der Waals surface area (Å²) in [5, 5.41) is 0.908. The molecule has 0 unspecified atom stereocenters. The zero-order valence-corrected chi connectivity index (χ0v) is 17.4. The molecule has 4 rings (SSSR count). The Morgan fingerprint density at radius 2 is 1.79 bits per heavy atom. The molecule has 2 aromatic heterocycles. The number of aromatic nitrogens is 2. The summed E-state index contributed by atoms with van der Waals surface area (Å²) in [6.07, 6.45) is 1.72. The van der Waals surface area contributed by atoms with E-state index in [1.807, 2.05) is 64.1 Å². The summed E-state index contributed by atoms with van der Waals surface area (Å²) in [6.45, 7) is 8.46. The van der Waals surface area contributed by atoms with Gasteiger partial charge in [-0.1, -0.05) is 6.07 Å². The average molecular weight is 392 g/mol. The molecular weight excluding hydrogens is 367 g/mol. The largest absolute Gasteiger partial charge is 0.498 e. The average Bonchev–Trinajstić information content (AvgIpc) is 2.91. The Bertz CT molecular complexity index is 1090. The third-order valence-corrected chi connectivity index (χ3v) is 5.89. The molecule has 1 saturated heterocycles. The van der Waals surface area contributed by atoms with Crippen LogP contribution in [0.25, 0.3) is 10.9 Å². The molecule has 150 valence electrons. The Kier molecular flexibility index (Phi) is 4.75. The van der Waals surface area contributed by atoms with Crippen molar-refractivity contribution in [3.63, 3.8) is 0 Å². The first kappa shape index (κ1) is 19.7. The van der Waals surface area contributed by atoms with Gasteiger partial charge in [0.1, 0.15) is 5.75 Å². The fraction of sp³-hybridized carbons (Fsp3) is 0.364. The SMILES string of the molecule is COc1cc2c(ccc(=O)n2Cc2ccccn2)cc1B1OC(C)(C)C(C)(C)O1. The molecule has 1 fully saturated rings. The highest BCUT2D eigenvalue weighted by molar-refractivity contribution is 6.63. The van der Waals surface area contributed by atoms with Crippen LogP contribution in [-0.4, -0.2) is 35.0 Å². The number of methoxy groups -OCH3 is 1. The smallest absolute Gasteiger partial charge is 0.497 e. The van der Waals surface area contributed by atoms with Crippen LogP contribution in [0.5, 0.6) is 5.75 Å². The van der Waals surface area contributed by atoms with Gasteiger partial charge in [0.15, 0.2) is 0 Å². The molecule has 29 heavy (non-hydrogen) atoms. The molecule has 0 N–H and O–H groups in total. The van der Waals surface area contributed by atoms with Gasteiger partial charge in [0, 0.05) is 23.8 Å². The molecule has 7 heteroatoms. The minimum atomic E-state index is -0.546. The zero-order valence-electron chi connectivity index (χ0n) is 17.4. The van der Waals surface area contributed by atoms with Crippen LogP contribution in [-0.2, 0) is 15.9 Å². The summed E-state index contributed by atoms with van der Waals surface area (Å²) in [5.74, 6) is 0.622. The number of ether oxygens (including phenoxy) is 1. The van der Waals surface area contributed by atoms with Crippen molar-refractivity contribution in [2.75, 3.05) is 7.11 Å². The monoisotopic (exact) mass is 392 g/mol. The molecule has 3 aromatic rings. The van der Waals surface area contributed by atoms with E-state index in [1.165, 1.54) is 0 Å². The van der Waals surface area contributed by atoms with E-state index in [0.29, 0.717) is 12.3 Å². The number of pyridine rings is 2. The van der Waals surface area contributed by atoms with Crippen molar-refractivity contribution in [3.8, 4) is 5.75 Å². The van der Waals surface area contributed by atoms with E-state index in [4.69, 9.17) is 14.0 Å². The maximum absolute atomic E-state index is 12.6. The van der Waals surface area contributed by atoms with E-state index in [9.17, 15) is 4.79 Å². The Morgan fingerprint density at radius 1 is 1.07 bits per heavy atom. The van der Waals surface area contributed by atoms with Crippen LogP contribution in [0, 0.1) is 0 Å². The standard InChI is InChI=1S/C22H25BN2O4/c1-21(2)22(3,4)29-23(28-21)17-12-15-9-10-20(26)25(18(15)13-19(17)27-5)14-16-8-6-7-11-24-16/h6-13H,14H2,1-5H3. The fourth-order valence-electron chi connectivity index (χ4n) is 3.49. The second-order valence-corrected chi connectivity index (χ2v) is 8.32. The normalized spacial score (nSPS) is 17.6. The number of fused-ring (bicyclic) bond motifs is 1. The van der Waals surface area contributed by atoms with Crippen molar-refractivity contribution in [2.24, 2.45) is 0 Å². The lowest BCUT2D eigenvalue weighted by Gasteiger charge is -2.32. The Morgan fingerprint density at radius 3 is 2.41 bits per heavy atom. The van der Waals surface area contributed by atoms with Crippen LogP contribution in [0.3, 0.4) is 0 Å². The van der Waals surface area contributed by atoms with Gasteiger partial charge in [-0.15, -0.1) is 0 Å². The van der Waals surface area contributed by atoms with Crippen molar-refractivity contribution in [3.05, 3.63) is 64.7 Å². The lowest BCUT2D eigenvalue weighted by molar-refractivity contribution is 0.00578. The second kappa shape index (κ2) is 7.00. The highest BCUT2D eigenvalue weighted by Crippen LogP contribution is 2.37. The van der Waals surface area contributed by atoms with Gasteiger partial charge in [0.05, 0.1) is 36.1 Å². The van der Waals surface area contributed by atoms with E-state index >= 15 is 0 Å². The molecule has 0 saturated carbocycles. The van der Waals surface area contributed by atoms with Crippen LogP contribution >= 0.6 is 0 Å². The number of hydrogen-bond acceptors (Lipinski definition) is 5. The number of hydrogen-bond donors (Lipinski definition) is 0. The van der Waals surface area contributed by atoms with Crippen LogP contribution in [0.2, 0.25) is 0 Å². The van der Waals surface area contributed by atoms with Crippen molar-refractivity contribution in [2.45, 2.75) is 45.4 Å². The summed E-state index contributed by atoms with van der Waals surface area (Å²) in [4.78, 5) is 16.9. The maximum atomic E-state index is 12.6. The van der Waals surface area contributed by atoms with Crippen LogP contribution in [0.4, 0.5) is 0 Å². The van der Waals surface area contributed by atoms with Crippen molar-refractivity contribution >= 4 is 23.5 Å². The Labute approximate surface area is 170 Å². The number of rotatable bonds is 4. The number of benzene rings is 1. The molecule has 6 nitrogen and oxygen atoms in total. The van der Waals surface area contributed by atoms with Gasteiger partial charge < -0.3 is 18.6 Å². The third-order valence-electron chi connectivity index (χ3n) is 5.89. The van der Waals surface area contributed by atoms with Crippen molar-refractivity contribution in [1.82, 2.24) is 9.55 Å². The van der Waals surface area contributed by atoms with E-state index in [0.717, 1.165) is 22.1 Å². The molecule has 0 radical (unpaired) electrons. The molecule has 3 heterocycles. The molecule has 0 spiro atoms. The molecule has 0 bridgehead atoms. The first-order chi connectivity index (χ1) is 13.7. The lowest BCUT2D eigenvalue weighted by Crippen LogP contribution is -2.41. The zero-order chi connectivity index (χ0) is 20.8. The van der Waals surface area contributed by atoms with Crippen LogP contribution < -0.4 is 15.8 Å². The van der Waals surface area contributed by atoms with E-state index in [-0.39, 0.29) is 5.56 Å². The first-order valence-corrected chi connectivity index (χ1v) is 9.69. The molecular formula is C22H25BN2O4. The summed E-state index contributed by atoms with van der Waals surface area (Å²) < 4.78 is 19.8. The minimum Gasteiger partial charge on any atom is -0.497 e. The van der Waals surface area contributed by atoms with Gasteiger partial charge in [-0.25, -0.2) is 0 Å². The fourth-order valence-corrected chi connectivity index (χ4v) is 3.49. The van der Waals surface area contributed by atoms with E-state index in [2.05, 4.69) is 4.98 Å². The predicted octanol–water partition coefficient (Wildman–Crippen LogP) is 2.75. The lowest BCUT2D eigenvalue weighted by atomic mass is 9.77. The molecule has 0 aliphatic carbocycles. The summed E-state index contributed by atoms with van der Waals surface area (Å²) in [7, 11) is 1.07. The van der Waals surface area contributed by atoms with Gasteiger partial charge in [-0.05, 0) is 57.3 Å². The Hall–Kier alpha value is -2.64. The van der Waals surface area contributed by atoms with Crippen LogP contribution in [0.15, 0.2) is 53.5 Å². The number of nitrogens with zero attached hydrogens (tertiary/aromatic N) is 2. The van der Waals surface area contributed by atoms with Gasteiger partial charge in [-0.2, -0.15) is 0 Å². The maximum Gasteiger partial charge on any atom is 0.498 e. The minimum absolute atomic E-state index is 0.0893. The summed E-state index contributed by atoms with van der Waals surface area (Å²) in [5.41, 5.74) is 1.41. The van der Waals surface area contributed by atoms with E-state index < -0.39 is 18.3 Å². The Balaban J connectivity index is 1.82. The molecule has 1 aromatic carbocycles. The summed E-state index contributed by atoms with van der Waals surface area (Å²) >= 11 is 0. The highest BCUT2D eigenvalue weighted by atomic mass is 16.7. The highest BCUT2D eigenvalue weighted by Gasteiger charge is 2.52. The molecule has 1 aliphatic heterocycles. The molecule has 0 atom stereocenters. The molecule has 0 amide bonds. The predicted molar refractivity (Wildman–Crippen MR) is 114 cm³/mol. The van der Waals surface area contributed by atoms with Crippen molar-refractivity contribution in [1.29, 1.82) is 0 Å². The molecule has 1 aliphatic rings. The van der Waals surface area contributed by atoms with Crippen molar-refractivity contribution < 1.29 is 14.0 Å². The van der Waals surface area contributed by atoms with Gasteiger partial charge >= 0.3 is 7.12 Å². The van der Waals surface area contributed by atoms with E-state index in [1.54, 1.807) is 23.9 Å². The quantitative estimate of drug-likeness (QED) is 0.639. The van der Waals surface area contributed by atoms with Gasteiger partial charge in [0.2, 0.25) is 0 Å². The van der Waals surface area contributed by atoms with Crippen LogP contribution in [0.1, 0.15) is 33.4 Å².